The lowest BCUT2D eigenvalue weighted by Gasteiger charge is -2.30. The standard InChI is InChI=1S/C19H23N5O/c1-5-24-14-11-19(3,4)9-8-13(14)16(22-24)18-21-17(23-25-18)15-12(2)7-6-10-20-15/h6-7,10H,5,8-9,11H2,1-4H3. The zero-order valence-electron chi connectivity index (χ0n) is 15.2. The van der Waals surface area contributed by atoms with Crippen molar-refractivity contribution in [2.75, 3.05) is 0 Å². The van der Waals surface area contributed by atoms with Crippen molar-refractivity contribution >= 4 is 0 Å². The van der Waals surface area contributed by atoms with Crippen molar-refractivity contribution in [2.45, 2.75) is 53.5 Å². The minimum Gasteiger partial charge on any atom is -0.332 e. The molecule has 0 aliphatic heterocycles. The molecule has 6 heteroatoms. The van der Waals surface area contributed by atoms with Crippen molar-refractivity contribution in [3.63, 3.8) is 0 Å². The van der Waals surface area contributed by atoms with Crippen molar-refractivity contribution < 1.29 is 4.52 Å². The van der Waals surface area contributed by atoms with Gasteiger partial charge in [0.2, 0.25) is 5.82 Å². The Balaban J connectivity index is 1.77. The van der Waals surface area contributed by atoms with Crippen LogP contribution in [-0.2, 0) is 19.4 Å². The van der Waals surface area contributed by atoms with Crippen LogP contribution in [0.5, 0.6) is 0 Å². The molecule has 4 rings (SSSR count). The predicted molar refractivity (Wildman–Crippen MR) is 95.0 cm³/mol. The molecule has 0 unspecified atom stereocenters. The van der Waals surface area contributed by atoms with Gasteiger partial charge in [0.1, 0.15) is 5.69 Å². The van der Waals surface area contributed by atoms with Gasteiger partial charge in [-0.2, -0.15) is 10.1 Å². The molecule has 0 saturated heterocycles. The Morgan fingerprint density at radius 3 is 2.88 bits per heavy atom. The second-order valence-corrected chi connectivity index (χ2v) is 7.52. The Bertz CT molecular complexity index is 922. The van der Waals surface area contributed by atoms with Crippen molar-refractivity contribution in [2.24, 2.45) is 5.41 Å². The van der Waals surface area contributed by atoms with Crippen LogP contribution < -0.4 is 0 Å². The highest BCUT2D eigenvalue weighted by molar-refractivity contribution is 5.60. The number of nitrogens with zero attached hydrogens (tertiary/aromatic N) is 5. The van der Waals surface area contributed by atoms with Crippen LogP contribution in [-0.4, -0.2) is 24.9 Å². The van der Waals surface area contributed by atoms with Crippen molar-refractivity contribution in [3.8, 4) is 23.1 Å². The number of aromatic nitrogens is 5. The van der Waals surface area contributed by atoms with E-state index in [-0.39, 0.29) is 0 Å². The fraction of sp³-hybridized carbons (Fsp3) is 0.474. The molecule has 6 nitrogen and oxygen atoms in total. The summed E-state index contributed by atoms with van der Waals surface area (Å²) in [5.74, 6) is 1.01. The Morgan fingerprint density at radius 2 is 2.12 bits per heavy atom. The van der Waals surface area contributed by atoms with E-state index in [2.05, 4.69) is 40.6 Å². The smallest absolute Gasteiger partial charge is 0.279 e. The molecule has 0 N–H and O–H groups in total. The van der Waals surface area contributed by atoms with Crippen LogP contribution in [0, 0.1) is 12.3 Å². The van der Waals surface area contributed by atoms with E-state index in [1.54, 1.807) is 6.20 Å². The zero-order valence-corrected chi connectivity index (χ0v) is 15.2. The van der Waals surface area contributed by atoms with Crippen LogP contribution in [0.3, 0.4) is 0 Å². The fourth-order valence-electron chi connectivity index (χ4n) is 3.57. The van der Waals surface area contributed by atoms with Gasteiger partial charge in [-0.1, -0.05) is 25.1 Å². The lowest BCUT2D eigenvalue weighted by atomic mass is 9.76. The van der Waals surface area contributed by atoms with Gasteiger partial charge < -0.3 is 4.52 Å². The maximum atomic E-state index is 5.56. The first-order valence-corrected chi connectivity index (χ1v) is 8.83. The third kappa shape index (κ3) is 2.75. The summed E-state index contributed by atoms with van der Waals surface area (Å²) in [6.07, 6.45) is 4.92. The highest BCUT2D eigenvalue weighted by atomic mass is 16.5. The summed E-state index contributed by atoms with van der Waals surface area (Å²) in [5, 5.41) is 8.91. The fourth-order valence-corrected chi connectivity index (χ4v) is 3.57. The summed E-state index contributed by atoms with van der Waals surface area (Å²) in [6, 6.07) is 3.90. The summed E-state index contributed by atoms with van der Waals surface area (Å²) in [4.78, 5) is 8.96. The molecule has 3 heterocycles. The second-order valence-electron chi connectivity index (χ2n) is 7.52. The summed E-state index contributed by atoms with van der Waals surface area (Å²) >= 11 is 0. The molecule has 0 amide bonds. The van der Waals surface area contributed by atoms with Gasteiger partial charge in [-0.15, -0.1) is 0 Å². The largest absolute Gasteiger partial charge is 0.332 e. The van der Waals surface area contributed by atoms with Gasteiger partial charge in [-0.25, -0.2) is 0 Å². The maximum absolute atomic E-state index is 5.56. The highest BCUT2D eigenvalue weighted by Crippen LogP contribution is 2.38. The third-order valence-electron chi connectivity index (χ3n) is 5.01. The average Bonchev–Trinajstić information content (AvgIpc) is 3.18. The molecule has 0 radical (unpaired) electrons. The van der Waals surface area contributed by atoms with Gasteiger partial charge in [0.05, 0.1) is 0 Å². The molecular formula is C19H23N5O. The Morgan fingerprint density at radius 1 is 1.28 bits per heavy atom. The molecule has 0 atom stereocenters. The van der Waals surface area contributed by atoms with Crippen LogP contribution >= 0.6 is 0 Å². The topological polar surface area (TPSA) is 69.6 Å². The maximum Gasteiger partial charge on any atom is 0.279 e. The Labute approximate surface area is 147 Å². The number of fused-ring (bicyclic) bond motifs is 1. The van der Waals surface area contributed by atoms with Crippen LogP contribution in [0.25, 0.3) is 23.1 Å². The number of rotatable bonds is 3. The Hall–Kier alpha value is -2.50. The summed E-state index contributed by atoms with van der Waals surface area (Å²) in [7, 11) is 0. The lowest BCUT2D eigenvalue weighted by Crippen LogP contribution is -2.24. The number of hydrogen-bond donors (Lipinski definition) is 0. The van der Waals surface area contributed by atoms with Gasteiger partial charge in [0.25, 0.3) is 5.89 Å². The first kappa shape index (κ1) is 16.0. The van der Waals surface area contributed by atoms with Gasteiger partial charge in [0.15, 0.2) is 5.69 Å². The van der Waals surface area contributed by atoms with Crippen LogP contribution in [0.15, 0.2) is 22.9 Å². The van der Waals surface area contributed by atoms with Gasteiger partial charge in [-0.3, -0.25) is 9.67 Å². The minimum absolute atomic E-state index is 0.308. The molecular weight excluding hydrogens is 314 g/mol. The summed E-state index contributed by atoms with van der Waals surface area (Å²) in [5.41, 5.74) is 5.49. The van der Waals surface area contributed by atoms with Crippen molar-refractivity contribution in [1.29, 1.82) is 0 Å². The van der Waals surface area contributed by atoms with E-state index in [4.69, 9.17) is 9.62 Å². The molecule has 0 spiro atoms. The molecule has 130 valence electrons. The molecule has 3 aromatic heterocycles. The number of pyridine rings is 1. The monoisotopic (exact) mass is 337 g/mol. The van der Waals surface area contributed by atoms with E-state index < -0.39 is 0 Å². The number of aryl methyl sites for hydroxylation is 2. The van der Waals surface area contributed by atoms with Crippen LogP contribution in [0.2, 0.25) is 0 Å². The Kier molecular flexibility index (Phi) is 3.71. The van der Waals surface area contributed by atoms with E-state index in [1.165, 1.54) is 11.3 Å². The molecule has 0 bridgehead atoms. The molecule has 1 aliphatic rings. The minimum atomic E-state index is 0.308. The molecule has 1 aliphatic carbocycles. The second kappa shape index (κ2) is 5.79. The summed E-state index contributed by atoms with van der Waals surface area (Å²) in [6.45, 7) is 9.59. The first-order valence-electron chi connectivity index (χ1n) is 8.83. The zero-order chi connectivity index (χ0) is 17.6. The SMILES string of the molecule is CCn1nc(-c2nc(-c3ncccc3C)no2)c2c1CC(C)(C)CC2. The third-order valence-corrected chi connectivity index (χ3v) is 5.01. The van der Waals surface area contributed by atoms with Crippen molar-refractivity contribution in [3.05, 3.63) is 35.2 Å². The van der Waals surface area contributed by atoms with Gasteiger partial charge >= 0.3 is 0 Å². The molecule has 0 aromatic carbocycles. The van der Waals surface area contributed by atoms with Crippen molar-refractivity contribution in [1.82, 2.24) is 24.9 Å². The highest BCUT2D eigenvalue weighted by Gasteiger charge is 2.32. The van der Waals surface area contributed by atoms with Gasteiger partial charge in [0, 0.05) is 24.0 Å². The average molecular weight is 337 g/mol. The van der Waals surface area contributed by atoms with Crippen LogP contribution in [0.4, 0.5) is 0 Å². The number of hydrogen-bond acceptors (Lipinski definition) is 5. The van der Waals surface area contributed by atoms with E-state index in [0.29, 0.717) is 17.1 Å². The quantitative estimate of drug-likeness (QED) is 0.726. The summed E-state index contributed by atoms with van der Waals surface area (Å²) < 4.78 is 7.64. The van der Waals surface area contributed by atoms with Crippen LogP contribution in [0.1, 0.15) is 44.0 Å². The molecule has 25 heavy (non-hydrogen) atoms. The van der Waals surface area contributed by atoms with E-state index in [9.17, 15) is 0 Å². The molecule has 3 aromatic rings. The van der Waals surface area contributed by atoms with E-state index >= 15 is 0 Å². The van der Waals surface area contributed by atoms with Gasteiger partial charge in [-0.05, 0) is 50.2 Å². The van der Waals surface area contributed by atoms with E-state index in [0.717, 1.165) is 42.8 Å². The molecule has 0 fully saturated rings. The lowest BCUT2D eigenvalue weighted by molar-refractivity contribution is 0.304. The normalized spacial score (nSPS) is 16.0. The van der Waals surface area contributed by atoms with E-state index in [1.807, 2.05) is 19.1 Å². The molecule has 0 saturated carbocycles. The first-order chi connectivity index (χ1) is 12.0. The predicted octanol–water partition coefficient (Wildman–Crippen LogP) is 3.84.